The van der Waals surface area contributed by atoms with E-state index in [9.17, 15) is 9.59 Å². The van der Waals surface area contributed by atoms with Crippen LogP contribution in [0.25, 0.3) is 0 Å². The number of fused-ring (bicyclic) bond motifs is 1. The molecule has 0 unspecified atom stereocenters. The number of carbonyl (C=O) groups excluding carboxylic acids is 2. The molecule has 1 saturated heterocycles. The molecule has 2 aliphatic rings. The first-order valence-electron chi connectivity index (χ1n) is 11.8. The van der Waals surface area contributed by atoms with E-state index in [2.05, 4.69) is 11.4 Å². The second kappa shape index (κ2) is 10.6. The number of nitrogens with zero attached hydrogens (tertiary/aromatic N) is 2. The molecule has 0 spiro atoms. The highest BCUT2D eigenvalue weighted by Gasteiger charge is 2.36. The quantitative estimate of drug-likeness (QED) is 0.725. The van der Waals surface area contributed by atoms with Gasteiger partial charge in [-0.1, -0.05) is 42.5 Å². The minimum Gasteiger partial charge on any atom is -0.494 e. The lowest BCUT2D eigenvalue weighted by molar-refractivity contribution is -0.139. The van der Waals surface area contributed by atoms with Crippen LogP contribution in [-0.4, -0.2) is 54.4 Å². The van der Waals surface area contributed by atoms with Gasteiger partial charge >= 0.3 is 0 Å². The molecular weight excluding hydrogens is 402 g/mol. The number of hydrogen-bond acceptors (Lipinski definition) is 4. The molecule has 2 aromatic carbocycles. The van der Waals surface area contributed by atoms with E-state index < -0.39 is 0 Å². The van der Waals surface area contributed by atoms with Crippen LogP contribution in [0.4, 0.5) is 0 Å². The van der Waals surface area contributed by atoms with E-state index in [1.165, 1.54) is 12.0 Å². The fraction of sp³-hybridized carbons (Fsp3) is 0.462. The number of rotatable bonds is 7. The Labute approximate surface area is 190 Å². The Morgan fingerprint density at radius 1 is 1.00 bits per heavy atom. The highest BCUT2D eigenvalue weighted by molar-refractivity contribution is 5.85. The fourth-order valence-electron chi connectivity index (χ4n) is 4.75. The Kier molecular flexibility index (Phi) is 7.43. The molecule has 170 valence electrons. The number of ether oxygens (including phenoxy) is 1. The molecule has 0 radical (unpaired) electrons. The lowest BCUT2D eigenvalue weighted by Gasteiger charge is -2.39. The van der Waals surface area contributed by atoms with Crippen LogP contribution in [0, 0.1) is 0 Å². The molecular formula is C26H33N3O3. The maximum atomic E-state index is 13.5. The summed E-state index contributed by atoms with van der Waals surface area (Å²) < 4.78 is 5.66. The largest absolute Gasteiger partial charge is 0.494 e. The van der Waals surface area contributed by atoms with Gasteiger partial charge in [-0.3, -0.25) is 14.5 Å². The second-order valence-corrected chi connectivity index (χ2v) is 8.53. The first-order valence-corrected chi connectivity index (χ1v) is 11.8. The van der Waals surface area contributed by atoms with E-state index >= 15 is 0 Å². The zero-order valence-electron chi connectivity index (χ0n) is 18.9. The Balaban J connectivity index is 1.46. The van der Waals surface area contributed by atoms with Crippen molar-refractivity contribution in [2.45, 2.75) is 45.2 Å². The van der Waals surface area contributed by atoms with E-state index in [1.54, 1.807) is 0 Å². The summed E-state index contributed by atoms with van der Waals surface area (Å²) >= 11 is 0. The van der Waals surface area contributed by atoms with Crippen molar-refractivity contribution < 1.29 is 14.3 Å². The molecule has 6 nitrogen and oxygen atoms in total. The van der Waals surface area contributed by atoms with Crippen LogP contribution >= 0.6 is 0 Å². The van der Waals surface area contributed by atoms with Gasteiger partial charge in [0, 0.05) is 31.7 Å². The predicted octanol–water partition coefficient (Wildman–Crippen LogP) is 3.31. The van der Waals surface area contributed by atoms with Crippen LogP contribution in [-0.2, 0) is 22.6 Å². The maximum Gasteiger partial charge on any atom is 0.244 e. The van der Waals surface area contributed by atoms with Gasteiger partial charge in [-0.15, -0.1) is 0 Å². The smallest absolute Gasteiger partial charge is 0.244 e. The van der Waals surface area contributed by atoms with Gasteiger partial charge in [0.25, 0.3) is 0 Å². The van der Waals surface area contributed by atoms with Gasteiger partial charge in [-0.25, -0.2) is 0 Å². The summed E-state index contributed by atoms with van der Waals surface area (Å²) in [4.78, 5) is 30.5. The summed E-state index contributed by atoms with van der Waals surface area (Å²) in [7, 11) is 0. The molecule has 1 atom stereocenters. The minimum atomic E-state index is -0.389. The number of carbonyl (C=O) groups is 2. The highest BCUT2D eigenvalue weighted by Crippen LogP contribution is 2.32. The van der Waals surface area contributed by atoms with Gasteiger partial charge in [0.05, 0.1) is 13.2 Å². The predicted molar refractivity (Wildman–Crippen MR) is 124 cm³/mol. The van der Waals surface area contributed by atoms with Crippen molar-refractivity contribution in [2.75, 3.05) is 32.8 Å². The van der Waals surface area contributed by atoms with Crippen molar-refractivity contribution in [3.63, 3.8) is 0 Å². The molecule has 2 aliphatic heterocycles. The molecule has 0 saturated carbocycles. The van der Waals surface area contributed by atoms with Crippen molar-refractivity contribution >= 4 is 11.8 Å². The molecule has 2 aromatic rings. The molecule has 4 rings (SSSR count). The molecule has 32 heavy (non-hydrogen) atoms. The number of amides is 2. The monoisotopic (exact) mass is 435 g/mol. The van der Waals surface area contributed by atoms with E-state index in [0.717, 1.165) is 49.2 Å². The maximum absolute atomic E-state index is 13.5. The Morgan fingerprint density at radius 3 is 2.56 bits per heavy atom. The normalized spacial score (nSPS) is 18.7. The number of likely N-dealkylation sites (tertiary alicyclic amines) is 1. The summed E-state index contributed by atoms with van der Waals surface area (Å²) in [5.41, 5.74) is 3.21. The van der Waals surface area contributed by atoms with Gasteiger partial charge in [-0.05, 0) is 49.8 Å². The number of hydrogen-bond donors (Lipinski definition) is 1. The van der Waals surface area contributed by atoms with Crippen molar-refractivity contribution in [3.8, 4) is 5.75 Å². The van der Waals surface area contributed by atoms with Crippen molar-refractivity contribution in [3.05, 3.63) is 65.2 Å². The van der Waals surface area contributed by atoms with Gasteiger partial charge in [0.2, 0.25) is 11.8 Å². The lowest BCUT2D eigenvalue weighted by Crippen LogP contribution is -2.50. The van der Waals surface area contributed by atoms with Crippen LogP contribution < -0.4 is 10.1 Å². The van der Waals surface area contributed by atoms with E-state index in [4.69, 9.17) is 4.74 Å². The standard InChI is InChI=1S/C26H33N3O3/c1-2-32-23-13-7-5-11-21(23)18-27-24(30)19-29-17-14-20-10-4-6-12-22(20)25(29)26(31)28-15-8-3-9-16-28/h4-7,10-13,25H,2-3,8-9,14-19H2,1H3,(H,27,30)/t25-/m1/s1. The summed E-state index contributed by atoms with van der Waals surface area (Å²) in [6.07, 6.45) is 4.14. The van der Waals surface area contributed by atoms with Gasteiger partial charge in [0.15, 0.2) is 0 Å². The van der Waals surface area contributed by atoms with Crippen LogP contribution in [0.1, 0.15) is 48.9 Å². The number of benzene rings is 2. The van der Waals surface area contributed by atoms with Crippen molar-refractivity contribution in [1.29, 1.82) is 0 Å². The van der Waals surface area contributed by atoms with Gasteiger partial charge in [0.1, 0.15) is 11.8 Å². The average molecular weight is 436 g/mol. The fourth-order valence-corrected chi connectivity index (χ4v) is 4.75. The van der Waals surface area contributed by atoms with Gasteiger partial charge in [-0.2, -0.15) is 0 Å². The first kappa shape index (κ1) is 22.3. The second-order valence-electron chi connectivity index (χ2n) is 8.53. The van der Waals surface area contributed by atoms with E-state index in [-0.39, 0.29) is 24.4 Å². The summed E-state index contributed by atoms with van der Waals surface area (Å²) in [6, 6.07) is 15.5. The lowest BCUT2D eigenvalue weighted by atomic mass is 9.91. The van der Waals surface area contributed by atoms with Crippen LogP contribution in [0.3, 0.4) is 0 Å². The van der Waals surface area contributed by atoms with E-state index in [1.807, 2.05) is 59.2 Å². The third-order valence-corrected chi connectivity index (χ3v) is 6.38. The minimum absolute atomic E-state index is 0.0767. The topological polar surface area (TPSA) is 61.9 Å². The highest BCUT2D eigenvalue weighted by atomic mass is 16.5. The average Bonchev–Trinajstić information content (AvgIpc) is 2.84. The summed E-state index contributed by atoms with van der Waals surface area (Å²) in [5.74, 6) is 0.846. The van der Waals surface area contributed by atoms with E-state index in [0.29, 0.717) is 19.7 Å². The molecule has 1 fully saturated rings. The molecule has 1 N–H and O–H groups in total. The Hall–Kier alpha value is -2.86. The molecule has 2 amide bonds. The Bertz CT molecular complexity index is 939. The number of nitrogens with one attached hydrogen (secondary N) is 1. The third kappa shape index (κ3) is 5.13. The zero-order valence-corrected chi connectivity index (χ0v) is 18.9. The van der Waals surface area contributed by atoms with Crippen LogP contribution in [0.2, 0.25) is 0 Å². The summed E-state index contributed by atoms with van der Waals surface area (Å²) in [5, 5.41) is 3.02. The third-order valence-electron chi connectivity index (χ3n) is 6.38. The van der Waals surface area contributed by atoms with Crippen molar-refractivity contribution in [2.24, 2.45) is 0 Å². The SMILES string of the molecule is CCOc1ccccc1CNC(=O)CN1CCc2ccccc2[C@@H]1C(=O)N1CCCCC1. The first-order chi connectivity index (χ1) is 15.7. The number of para-hydroxylation sites is 1. The molecule has 0 bridgehead atoms. The van der Waals surface area contributed by atoms with Crippen LogP contribution in [0.5, 0.6) is 5.75 Å². The number of piperidine rings is 1. The summed E-state index contributed by atoms with van der Waals surface area (Å²) in [6.45, 7) is 5.46. The van der Waals surface area contributed by atoms with Gasteiger partial charge < -0.3 is 15.0 Å². The van der Waals surface area contributed by atoms with Crippen molar-refractivity contribution in [1.82, 2.24) is 15.1 Å². The molecule has 0 aliphatic carbocycles. The Morgan fingerprint density at radius 2 is 1.75 bits per heavy atom. The molecule has 0 aromatic heterocycles. The molecule has 2 heterocycles. The van der Waals surface area contributed by atoms with Crippen LogP contribution in [0.15, 0.2) is 48.5 Å². The zero-order chi connectivity index (χ0) is 22.3. The molecule has 6 heteroatoms.